The molecule has 0 radical (unpaired) electrons. The van der Waals surface area contributed by atoms with E-state index in [9.17, 15) is 9.18 Å². The Morgan fingerprint density at radius 3 is 2.19 bits per heavy atom. The van der Waals surface area contributed by atoms with Crippen LogP contribution >= 0.6 is 0 Å². The molecule has 3 rings (SSSR count). The van der Waals surface area contributed by atoms with Gasteiger partial charge in [-0.15, -0.1) is 0 Å². The van der Waals surface area contributed by atoms with Crippen molar-refractivity contribution in [3.63, 3.8) is 0 Å². The second-order valence-electron chi connectivity index (χ2n) is 16.8. The van der Waals surface area contributed by atoms with Gasteiger partial charge in [-0.3, -0.25) is 9.79 Å². The van der Waals surface area contributed by atoms with Gasteiger partial charge in [0.2, 0.25) is 5.91 Å². The lowest BCUT2D eigenvalue weighted by molar-refractivity contribution is -0.123. The average Bonchev–Trinajstić information content (AvgIpc) is 3.29. The maximum Gasteiger partial charge on any atom is 0.237 e. The summed E-state index contributed by atoms with van der Waals surface area (Å²) >= 11 is 0. The van der Waals surface area contributed by atoms with Crippen LogP contribution in [0.25, 0.3) is 5.57 Å². The smallest absolute Gasteiger partial charge is 0.237 e. The number of aliphatic imine (C=N–C) groups is 1. The first-order valence-electron chi connectivity index (χ1n) is 20.3. The van der Waals surface area contributed by atoms with Gasteiger partial charge >= 0.3 is 0 Å². The summed E-state index contributed by atoms with van der Waals surface area (Å²) < 4.78 is 14.4. The zero-order valence-electron chi connectivity index (χ0n) is 36.5. The first-order chi connectivity index (χ1) is 24.8. The van der Waals surface area contributed by atoms with Crippen LogP contribution in [0.15, 0.2) is 89.1 Å². The predicted octanol–water partition coefficient (Wildman–Crippen LogP) is 14.2. The summed E-state index contributed by atoms with van der Waals surface area (Å²) in [4.78, 5) is 20.3. The van der Waals surface area contributed by atoms with E-state index in [1.807, 2.05) is 53.8 Å². The molecule has 0 spiro atoms. The van der Waals surface area contributed by atoms with Gasteiger partial charge in [-0.25, -0.2) is 4.39 Å². The van der Waals surface area contributed by atoms with E-state index in [0.717, 1.165) is 70.5 Å². The normalized spacial score (nSPS) is 19.8. The van der Waals surface area contributed by atoms with E-state index < -0.39 is 11.2 Å². The summed E-state index contributed by atoms with van der Waals surface area (Å²) in [6.45, 7) is 40.0. The molecule has 1 saturated carbocycles. The Morgan fingerprint density at radius 2 is 1.72 bits per heavy atom. The molecule has 0 saturated heterocycles. The van der Waals surface area contributed by atoms with Crippen molar-refractivity contribution in [3.05, 3.63) is 95.3 Å². The predicted molar refractivity (Wildman–Crippen MR) is 233 cm³/mol. The Kier molecular flexibility index (Phi) is 19.8. The monoisotopic (exact) mass is 730 g/mol. The fraction of sp³-hybridized carbons (Fsp3) is 0.583. The van der Waals surface area contributed by atoms with E-state index in [4.69, 9.17) is 4.99 Å². The quantitative estimate of drug-likeness (QED) is 0.144. The van der Waals surface area contributed by atoms with E-state index >= 15 is 0 Å². The molecule has 1 heterocycles. The molecule has 1 aromatic carbocycles. The number of nitrogens with zero attached hydrogens (tertiary/aromatic N) is 2. The van der Waals surface area contributed by atoms with Gasteiger partial charge in [-0.2, -0.15) is 0 Å². The van der Waals surface area contributed by atoms with E-state index in [0.29, 0.717) is 17.0 Å². The van der Waals surface area contributed by atoms with Gasteiger partial charge in [0.25, 0.3) is 0 Å². The highest BCUT2D eigenvalue weighted by molar-refractivity contribution is 6.08. The van der Waals surface area contributed by atoms with Gasteiger partial charge in [0.05, 0.1) is 16.8 Å². The summed E-state index contributed by atoms with van der Waals surface area (Å²) in [5, 5.41) is 3.17. The average molecular weight is 730 g/mol. The van der Waals surface area contributed by atoms with Gasteiger partial charge in [-0.05, 0) is 124 Å². The molecule has 296 valence electrons. The van der Waals surface area contributed by atoms with Crippen molar-refractivity contribution >= 4 is 23.4 Å². The van der Waals surface area contributed by atoms with Crippen molar-refractivity contribution in [2.45, 2.75) is 160 Å². The summed E-state index contributed by atoms with van der Waals surface area (Å²) in [6, 6.07) is 6.52. The van der Waals surface area contributed by atoms with Crippen molar-refractivity contribution in [2.75, 3.05) is 4.90 Å². The van der Waals surface area contributed by atoms with Crippen LogP contribution in [0.1, 0.15) is 160 Å². The number of nitrogens with one attached hydrogen (secondary N) is 1. The number of halogens is 1. The van der Waals surface area contributed by atoms with Crippen LogP contribution in [0.2, 0.25) is 0 Å². The number of carbonyl (C=O) groups is 1. The molecule has 2 aliphatic rings. The Bertz CT molecular complexity index is 1520. The van der Waals surface area contributed by atoms with Crippen LogP contribution in [0, 0.1) is 23.2 Å². The highest BCUT2D eigenvalue weighted by Crippen LogP contribution is 2.48. The lowest BCUT2D eigenvalue weighted by Crippen LogP contribution is -2.49. The van der Waals surface area contributed by atoms with E-state index in [1.165, 1.54) is 31.8 Å². The highest BCUT2D eigenvalue weighted by atomic mass is 19.1. The number of carbonyl (C=O) groups excluding carboxylic acids is 1. The van der Waals surface area contributed by atoms with Gasteiger partial charge in [0.1, 0.15) is 5.83 Å². The number of hydrogen-bond acceptors (Lipinski definition) is 3. The van der Waals surface area contributed by atoms with Crippen molar-refractivity contribution in [1.82, 2.24) is 5.32 Å². The molecule has 5 heteroatoms. The third-order valence-corrected chi connectivity index (χ3v) is 10.9. The highest BCUT2D eigenvalue weighted by Gasteiger charge is 2.49. The molecule has 1 fully saturated rings. The lowest BCUT2D eigenvalue weighted by atomic mass is 9.76. The molecule has 53 heavy (non-hydrogen) atoms. The fourth-order valence-electron chi connectivity index (χ4n) is 6.43. The molecule has 1 N–H and O–H groups in total. The molecular weight excluding hydrogens is 654 g/mol. The maximum atomic E-state index is 14.4. The summed E-state index contributed by atoms with van der Waals surface area (Å²) in [5.41, 5.74) is 6.57. The minimum absolute atomic E-state index is 0.186. The van der Waals surface area contributed by atoms with Gasteiger partial charge in [0.15, 0.2) is 0 Å². The molecule has 1 aliphatic heterocycles. The van der Waals surface area contributed by atoms with Gasteiger partial charge < -0.3 is 10.2 Å². The summed E-state index contributed by atoms with van der Waals surface area (Å²) in [6.07, 6.45) is 16.4. The maximum absolute atomic E-state index is 14.4. The van der Waals surface area contributed by atoms with Crippen molar-refractivity contribution < 1.29 is 9.18 Å². The zero-order chi connectivity index (χ0) is 40.7. The molecule has 0 aromatic heterocycles. The van der Waals surface area contributed by atoms with E-state index in [2.05, 4.69) is 104 Å². The molecular formula is C48H76FN3O. The SMILES string of the molecule is C=C/C(F)=C(\C=C/C)N/C(C)=C(C)/C(=C\C(=C)c1ccc2c(c1)N(C1CC(CCC)C1)C(=O)C2(C)C)N=CCC.CC(C)C.CCC(C)C(C)(C)CC. The summed E-state index contributed by atoms with van der Waals surface area (Å²) in [7, 11) is 0. The molecule has 1 unspecified atom stereocenters. The number of allylic oxidation sites excluding steroid dienone is 8. The van der Waals surface area contributed by atoms with Gasteiger partial charge in [0, 0.05) is 23.6 Å². The second-order valence-corrected chi connectivity index (χ2v) is 16.8. The second kappa shape index (κ2) is 22.0. The van der Waals surface area contributed by atoms with Crippen LogP contribution in [-0.4, -0.2) is 18.2 Å². The van der Waals surface area contributed by atoms with Crippen molar-refractivity contribution in [3.8, 4) is 0 Å². The largest absolute Gasteiger partial charge is 0.356 e. The summed E-state index contributed by atoms with van der Waals surface area (Å²) in [5.74, 6) is 2.17. The Morgan fingerprint density at radius 1 is 1.11 bits per heavy atom. The van der Waals surface area contributed by atoms with Crippen LogP contribution < -0.4 is 10.2 Å². The molecule has 1 amide bonds. The van der Waals surface area contributed by atoms with Crippen molar-refractivity contribution in [1.29, 1.82) is 0 Å². The minimum atomic E-state index is -0.543. The topological polar surface area (TPSA) is 44.7 Å². The number of hydrogen-bond donors (Lipinski definition) is 1. The molecule has 0 bridgehead atoms. The lowest BCUT2D eigenvalue weighted by Gasteiger charge is -2.42. The molecule has 1 aromatic rings. The Labute approximate surface area is 325 Å². The number of amides is 1. The molecule has 1 aliphatic carbocycles. The van der Waals surface area contributed by atoms with Crippen molar-refractivity contribution in [2.24, 2.45) is 28.2 Å². The first-order valence-corrected chi connectivity index (χ1v) is 20.3. The molecule has 4 nitrogen and oxygen atoms in total. The van der Waals surface area contributed by atoms with E-state index in [1.54, 1.807) is 12.2 Å². The van der Waals surface area contributed by atoms with Crippen LogP contribution in [-0.2, 0) is 10.2 Å². The third-order valence-electron chi connectivity index (χ3n) is 10.9. The van der Waals surface area contributed by atoms with Gasteiger partial charge in [-0.1, -0.05) is 126 Å². The number of fused-ring (bicyclic) bond motifs is 1. The minimum Gasteiger partial charge on any atom is -0.356 e. The standard InChI is InChI=1S/C35H46FN3O.C9H20.C4H10/c1-10-14-26-20-28(21-26)39-33-22-27(16-17-29(33)35(8,9)34(39)40)23(5)19-32(37-18-12-3)24(6)25(7)38-31(15-11-2)30(36)13-4;1-6-8(3)9(4,5)7-2;1-4(2)3/h11,13,15-19,22,26,28,38H,4-5,10,12,14,20-21H2,1-3,6-9H3;8H,6-7H2,1-5H3;4H,1-3H3/b15-11-,25-24+,31-30-,32-19+,37-18?;;. The third kappa shape index (κ3) is 13.4. The number of benzene rings is 1. The van der Waals surface area contributed by atoms with Crippen LogP contribution in [0.4, 0.5) is 10.1 Å². The first kappa shape index (κ1) is 47.6. The Hall–Kier alpha value is -3.47. The fourth-order valence-corrected chi connectivity index (χ4v) is 6.43. The number of anilines is 1. The zero-order valence-corrected chi connectivity index (χ0v) is 36.5. The number of rotatable bonds is 15. The molecule has 1 atom stereocenters. The Balaban J connectivity index is 0.000000921. The van der Waals surface area contributed by atoms with E-state index in [-0.39, 0.29) is 11.9 Å². The van der Waals surface area contributed by atoms with Crippen LogP contribution in [0.5, 0.6) is 0 Å². The van der Waals surface area contributed by atoms with Crippen LogP contribution in [0.3, 0.4) is 0 Å².